The molecule has 1 aromatic heterocycles. The van der Waals surface area contributed by atoms with Gasteiger partial charge >= 0.3 is 5.97 Å². The maximum Gasteiger partial charge on any atom is 0.341 e. The lowest BCUT2D eigenvalue weighted by atomic mass is 10.0. The second kappa shape index (κ2) is 7.25. The predicted octanol–water partition coefficient (Wildman–Crippen LogP) is 3.77. The molecular formula is C16H16BrNO5. The van der Waals surface area contributed by atoms with Crippen LogP contribution >= 0.6 is 15.9 Å². The highest BCUT2D eigenvalue weighted by atomic mass is 79.9. The number of ether oxygens (including phenoxy) is 2. The molecule has 0 bridgehead atoms. The zero-order valence-corrected chi connectivity index (χ0v) is 13.9. The Bertz CT molecular complexity index is 663. The van der Waals surface area contributed by atoms with Gasteiger partial charge in [0.25, 0.3) is 0 Å². The molecular weight excluding hydrogens is 366 g/mol. The summed E-state index contributed by atoms with van der Waals surface area (Å²) in [4.78, 5) is 11.4. The monoisotopic (exact) mass is 381 g/mol. The Balaban J connectivity index is 1.93. The fraction of sp³-hybridized carbons (Fsp3) is 0.375. The number of carboxylic acids is 1. The second-order valence-corrected chi connectivity index (χ2v) is 6.20. The summed E-state index contributed by atoms with van der Waals surface area (Å²) < 4.78 is 17.4. The third-order valence-electron chi connectivity index (χ3n) is 3.67. The molecule has 0 radical (unpaired) electrons. The molecule has 2 atom stereocenters. The Hall–Kier alpha value is -1.70. The molecule has 7 heteroatoms. The van der Waals surface area contributed by atoms with Gasteiger partial charge < -0.3 is 19.1 Å². The molecule has 122 valence electrons. The van der Waals surface area contributed by atoms with Crippen molar-refractivity contribution in [1.82, 2.24) is 5.16 Å². The van der Waals surface area contributed by atoms with E-state index in [0.29, 0.717) is 6.61 Å². The van der Waals surface area contributed by atoms with Gasteiger partial charge in [0.1, 0.15) is 23.6 Å². The lowest BCUT2D eigenvalue weighted by molar-refractivity contribution is -0.182. The largest absolute Gasteiger partial charge is 0.478 e. The second-order valence-electron chi connectivity index (χ2n) is 5.28. The summed E-state index contributed by atoms with van der Waals surface area (Å²) in [7, 11) is 0. The van der Waals surface area contributed by atoms with Crippen molar-refractivity contribution < 1.29 is 23.9 Å². The Morgan fingerprint density at radius 1 is 1.35 bits per heavy atom. The molecule has 6 nitrogen and oxygen atoms in total. The van der Waals surface area contributed by atoms with Crippen molar-refractivity contribution in [3.8, 4) is 0 Å². The van der Waals surface area contributed by atoms with Crippen LogP contribution in [-0.2, 0) is 9.47 Å². The molecule has 0 saturated carbocycles. The molecule has 1 fully saturated rings. The van der Waals surface area contributed by atoms with Gasteiger partial charge in [0.2, 0.25) is 0 Å². The van der Waals surface area contributed by atoms with E-state index < -0.39 is 12.1 Å². The van der Waals surface area contributed by atoms with Crippen LogP contribution in [0.3, 0.4) is 0 Å². The van der Waals surface area contributed by atoms with Gasteiger partial charge in [-0.3, -0.25) is 0 Å². The third-order valence-corrected chi connectivity index (χ3v) is 4.20. The molecule has 1 aromatic carbocycles. The predicted molar refractivity (Wildman–Crippen MR) is 84.1 cm³/mol. The van der Waals surface area contributed by atoms with E-state index >= 15 is 0 Å². The maximum atomic E-state index is 11.4. The van der Waals surface area contributed by atoms with E-state index in [2.05, 4.69) is 21.1 Å². The molecule has 2 aromatic rings. The number of aromatic nitrogens is 1. The Morgan fingerprint density at radius 2 is 2.13 bits per heavy atom. The quantitative estimate of drug-likeness (QED) is 0.848. The van der Waals surface area contributed by atoms with Gasteiger partial charge in [-0.05, 0) is 37.0 Å². The summed E-state index contributed by atoms with van der Waals surface area (Å²) in [5, 5.41) is 13.2. The minimum atomic E-state index is -1.10. The van der Waals surface area contributed by atoms with E-state index in [1.807, 2.05) is 24.3 Å². The number of benzene rings is 1. The number of carbonyl (C=O) groups is 1. The summed E-state index contributed by atoms with van der Waals surface area (Å²) in [6, 6.07) is 7.46. The highest BCUT2D eigenvalue weighted by molar-refractivity contribution is 9.10. The van der Waals surface area contributed by atoms with Gasteiger partial charge in [0, 0.05) is 11.1 Å². The minimum absolute atomic E-state index is 0.00581. The molecule has 23 heavy (non-hydrogen) atoms. The first-order chi connectivity index (χ1) is 11.1. The Morgan fingerprint density at radius 3 is 2.78 bits per heavy atom. The normalized spacial score (nSPS) is 19.4. The number of halogens is 1. The van der Waals surface area contributed by atoms with Crippen LogP contribution in [0, 0.1) is 0 Å². The van der Waals surface area contributed by atoms with Gasteiger partial charge in [-0.2, -0.15) is 0 Å². The van der Waals surface area contributed by atoms with E-state index in [0.717, 1.165) is 35.6 Å². The maximum absolute atomic E-state index is 11.4. The van der Waals surface area contributed by atoms with E-state index in [9.17, 15) is 9.90 Å². The van der Waals surface area contributed by atoms with Gasteiger partial charge in [0.05, 0.1) is 0 Å². The van der Waals surface area contributed by atoms with E-state index in [1.54, 1.807) is 0 Å². The van der Waals surface area contributed by atoms with Gasteiger partial charge in [-0.25, -0.2) is 4.79 Å². The minimum Gasteiger partial charge on any atom is -0.478 e. The van der Waals surface area contributed by atoms with Crippen LogP contribution in [0.25, 0.3) is 0 Å². The topological polar surface area (TPSA) is 81.8 Å². The summed E-state index contributed by atoms with van der Waals surface area (Å²) in [5.41, 5.74) is 1.03. The van der Waals surface area contributed by atoms with Crippen LogP contribution in [0.1, 0.15) is 47.0 Å². The number of aromatic carboxylic acids is 1. The molecule has 0 spiro atoms. The molecule has 1 saturated heterocycles. The van der Waals surface area contributed by atoms with Gasteiger partial charge in [-0.15, -0.1) is 0 Å². The highest BCUT2D eigenvalue weighted by Crippen LogP contribution is 2.32. The zero-order chi connectivity index (χ0) is 16.2. The molecule has 3 rings (SSSR count). The van der Waals surface area contributed by atoms with Crippen molar-refractivity contribution in [3.63, 3.8) is 0 Å². The van der Waals surface area contributed by atoms with E-state index in [1.165, 1.54) is 0 Å². The molecule has 0 amide bonds. The Labute approximate surface area is 141 Å². The van der Waals surface area contributed by atoms with Crippen LogP contribution in [0.15, 0.2) is 39.5 Å². The first-order valence-electron chi connectivity index (χ1n) is 7.35. The smallest absolute Gasteiger partial charge is 0.341 e. The van der Waals surface area contributed by atoms with Crippen molar-refractivity contribution in [1.29, 1.82) is 0 Å². The molecule has 1 N–H and O–H groups in total. The molecule has 0 unspecified atom stereocenters. The number of carboxylic acid groups (broad SMARTS) is 1. The lowest BCUT2D eigenvalue weighted by Crippen LogP contribution is -2.25. The molecule has 0 aliphatic carbocycles. The summed E-state index contributed by atoms with van der Waals surface area (Å²) in [6.07, 6.45) is 2.88. The fourth-order valence-electron chi connectivity index (χ4n) is 2.50. The van der Waals surface area contributed by atoms with Crippen molar-refractivity contribution in [2.24, 2.45) is 0 Å². The van der Waals surface area contributed by atoms with Gasteiger partial charge in [-0.1, -0.05) is 33.2 Å². The first-order valence-corrected chi connectivity index (χ1v) is 8.14. The van der Waals surface area contributed by atoms with Crippen molar-refractivity contribution in [2.45, 2.75) is 31.7 Å². The number of nitrogens with zero attached hydrogens (tertiary/aromatic N) is 1. The van der Waals surface area contributed by atoms with Crippen molar-refractivity contribution in [3.05, 3.63) is 51.8 Å². The SMILES string of the molecule is O=C(O)c1conc1[C@H](O[C@H]1CCCCO1)c1ccc(Br)cc1. The number of hydrogen-bond donors (Lipinski definition) is 1. The van der Waals surface area contributed by atoms with Crippen molar-refractivity contribution in [2.75, 3.05) is 6.61 Å². The van der Waals surface area contributed by atoms with E-state index in [4.69, 9.17) is 14.0 Å². The third kappa shape index (κ3) is 3.80. The standard InChI is InChI=1S/C16H16BrNO5/c17-11-6-4-10(5-7-11)15(23-13-3-1-2-8-21-13)14-12(16(19)20)9-22-18-14/h4-7,9,13,15H,1-3,8H2,(H,19,20)/t13-,15+/m0/s1. The summed E-state index contributed by atoms with van der Waals surface area (Å²) in [6.45, 7) is 0.641. The molecule has 1 aliphatic rings. The average molecular weight is 382 g/mol. The Kier molecular flexibility index (Phi) is 5.09. The first kappa shape index (κ1) is 16.2. The summed E-state index contributed by atoms with van der Waals surface area (Å²) >= 11 is 3.39. The lowest BCUT2D eigenvalue weighted by Gasteiger charge is -2.27. The fourth-order valence-corrected chi connectivity index (χ4v) is 2.77. The van der Waals surface area contributed by atoms with Crippen LogP contribution in [0.2, 0.25) is 0 Å². The zero-order valence-electron chi connectivity index (χ0n) is 12.3. The van der Waals surface area contributed by atoms with Crippen LogP contribution in [0.5, 0.6) is 0 Å². The molecule has 1 aliphatic heterocycles. The van der Waals surface area contributed by atoms with Crippen molar-refractivity contribution >= 4 is 21.9 Å². The van der Waals surface area contributed by atoms with Crippen LogP contribution < -0.4 is 0 Å². The highest BCUT2D eigenvalue weighted by Gasteiger charge is 2.29. The summed E-state index contributed by atoms with van der Waals surface area (Å²) in [5.74, 6) is -1.10. The van der Waals surface area contributed by atoms with Crippen LogP contribution in [-0.4, -0.2) is 29.1 Å². The number of rotatable bonds is 5. The van der Waals surface area contributed by atoms with E-state index in [-0.39, 0.29) is 17.5 Å². The molecule has 2 heterocycles. The number of hydrogen-bond acceptors (Lipinski definition) is 5. The van der Waals surface area contributed by atoms with Crippen LogP contribution in [0.4, 0.5) is 0 Å². The van der Waals surface area contributed by atoms with Gasteiger partial charge in [0.15, 0.2) is 6.29 Å². The average Bonchev–Trinajstić information content (AvgIpc) is 3.04.